The first kappa shape index (κ1) is 16.4. The smallest absolute Gasteiger partial charge is 0.110 e. The molecule has 0 aliphatic carbocycles. The largest absolute Gasteiger partial charge is 0.379 e. The minimum absolute atomic E-state index is 0.00303. The third-order valence-electron chi connectivity index (χ3n) is 4.93. The van der Waals surface area contributed by atoms with Crippen molar-refractivity contribution in [3.8, 4) is 0 Å². The molecular weight excluding hydrogens is 266 g/mol. The zero-order valence-corrected chi connectivity index (χ0v) is 13.5. The molecule has 3 N–H and O–H groups in total. The molecule has 2 atom stereocenters. The SMILES string of the molecule is CCn1ccnc1CC(NN)C(C)(CC)N1CCOCC1. The van der Waals surface area contributed by atoms with Crippen LogP contribution in [0.25, 0.3) is 0 Å². The molecule has 1 aliphatic heterocycles. The summed E-state index contributed by atoms with van der Waals surface area (Å²) in [5, 5.41) is 0. The quantitative estimate of drug-likeness (QED) is 0.575. The zero-order valence-electron chi connectivity index (χ0n) is 13.5. The van der Waals surface area contributed by atoms with Crippen LogP contribution in [0.3, 0.4) is 0 Å². The number of morpholine rings is 1. The Kier molecular flexibility index (Phi) is 5.75. The fraction of sp³-hybridized carbons (Fsp3) is 0.800. The van der Waals surface area contributed by atoms with Crippen molar-refractivity contribution in [3.05, 3.63) is 18.2 Å². The van der Waals surface area contributed by atoms with Crippen molar-refractivity contribution in [3.63, 3.8) is 0 Å². The molecule has 120 valence electrons. The van der Waals surface area contributed by atoms with Crippen molar-refractivity contribution in [1.82, 2.24) is 19.9 Å². The van der Waals surface area contributed by atoms with Crippen LogP contribution in [-0.4, -0.2) is 52.3 Å². The van der Waals surface area contributed by atoms with Crippen molar-refractivity contribution < 1.29 is 4.74 Å². The number of rotatable bonds is 7. The summed E-state index contributed by atoms with van der Waals surface area (Å²) in [5.41, 5.74) is 3.05. The number of aryl methyl sites for hydroxylation is 1. The molecule has 1 fully saturated rings. The predicted octanol–water partition coefficient (Wildman–Crippen LogP) is 0.778. The second kappa shape index (κ2) is 7.35. The van der Waals surface area contributed by atoms with Gasteiger partial charge in [0.1, 0.15) is 5.82 Å². The lowest BCUT2D eigenvalue weighted by atomic mass is 9.85. The Labute approximate surface area is 127 Å². The molecule has 0 aromatic carbocycles. The third kappa shape index (κ3) is 3.45. The molecule has 0 radical (unpaired) electrons. The van der Waals surface area contributed by atoms with Crippen LogP contribution in [0.4, 0.5) is 0 Å². The van der Waals surface area contributed by atoms with E-state index in [-0.39, 0.29) is 11.6 Å². The maximum atomic E-state index is 5.90. The molecule has 0 bridgehead atoms. The number of aromatic nitrogens is 2. The number of nitrogens with zero attached hydrogens (tertiary/aromatic N) is 3. The number of hydrogen-bond acceptors (Lipinski definition) is 5. The standard InChI is InChI=1S/C15H29N5O/c1-4-15(3,20-8-10-21-11-9-20)13(18-16)12-14-17-6-7-19(14)5-2/h6-7,13,18H,4-5,8-12,16H2,1-3H3. The Bertz CT molecular complexity index is 429. The van der Waals surface area contributed by atoms with E-state index in [0.717, 1.165) is 51.5 Å². The van der Waals surface area contributed by atoms with Crippen molar-refractivity contribution >= 4 is 0 Å². The molecule has 2 unspecified atom stereocenters. The fourth-order valence-corrected chi connectivity index (χ4v) is 3.22. The number of hydrazine groups is 1. The minimum Gasteiger partial charge on any atom is -0.379 e. The lowest BCUT2D eigenvalue weighted by molar-refractivity contribution is -0.0326. The molecule has 2 rings (SSSR count). The van der Waals surface area contributed by atoms with Gasteiger partial charge in [-0.2, -0.15) is 0 Å². The van der Waals surface area contributed by atoms with Crippen LogP contribution in [0.15, 0.2) is 12.4 Å². The van der Waals surface area contributed by atoms with Gasteiger partial charge < -0.3 is 9.30 Å². The maximum Gasteiger partial charge on any atom is 0.110 e. The van der Waals surface area contributed by atoms with Gasteiger partial charge in [-0.05, 0) is 20.3 Å². The van der Waals surface area contributed by atoms with Crippen LogP contribution >= 0.6 is 0 Å². The summed E-state index contributed by atoms with van der Waals surface area (Å²) in [7, 11) is 0. The van der Waals surface area contributed by atoms with E-state index in [1.165, 1.54) is 0 Å². The summed E-state index contributed by atoms with van der Waals surface area (Å²) < 4.78 is 7.67. The van der Waals surface area contributed by atoms with E-state index in [9.17, 15) is 0 Å². The van der Waals surface area contributed by atoms with Gasteiger partial charge in [-0.25, -0.2) is 4.98 Å². The number of hydrogen-bond donors (Lipinski definition) is 2. The van der Waals surface area contributed by atoms with Crippen molar-refractivity contribution in [1.29, 1.82) is 0 Å². The van der Waals surface area contributed by atoms with Gasteiger partial charge >= 0.3 is 0 Å². The van der Waals surface area contributed by atoms with Crippen LogP contribution in [0, 0.1) is 0 Å². The Balaban J connectivity index is 2.16. The fourth-order valence-electron chi connectivity index (χ4n) is 3.22. The first-order valence-electron chi connectivity index (χ1n) is 7.94. The van der Waals surface area contributed by atoms with E-state index in [4.69, 9.17) is 10.6 Å². The van der Waals surface area contributed by atoms with Crippen LogP contribution in [0.2, 0.25) is 0 Å². The summed E-state index contributed by atoms with van der Waals surface area (Å²) in [6, 6.07) is 0.160. The van der Waals surface area contributed by atoms with Gasteiger partial charge in [0.15, 0.2) is 0 Å². The van der Waals surface area contributed by atoms with Gasteiger partial charge in [0.05, 0.1) is 13.2 Å². The van der Waals surface area contributed by atoms with E-state index in [1.54, 1.807) is 0 Å². The van der Waals surface area contributed by atoms with Crippen LogP contribution < -0.4 is 11.3 Å². The van der Waals surface area contributed by atoms with Crippen molar-refractivity contribution in [2.75, 3.05) is 26.3 Å². The monoisotopic (exact) mass is 295 g/mol. The molecule has 2 heterocycles. The number of ether oxygens (including phenoxy) is 1. The summed E-state index contributed by atoms with van der Waals surface area (Å²) >= 11 is 0. The molecule has 1 aromatic heterocycles. The molecule has 1 saturated heterocycles. The second-order valence-corrected chi connectivity index (χ2v) is 5.86. The lowest BCUT2D eigenvalue weighted by Gasteiger charge is -2.47. The van der Waals surface area contributed by atoms with E-state index < -0.39 is 0 Å². The zero-order chi connectivity index (χ0) is 15.3. The van der Waals surface area contributed by atoms with Gasteiger partial charge in [0.25, 0.3) is 0 Å². The first-order chi connectivity index (χ1) is 10.2. The highest BCUT2D eigenvalue weighted by Crippen LogP contribution is 2.26. The Morgan fingerprint density at radius 2 is 2.14 bits per heavy atom. The topological polar surface area (TPSA) is 68.3 Å². The normalized spacial score (nSPS) is 21.1. The molecule has 1 aliphatic rings. The van der Waals surface area contributed by atoms with Gasteiger partial charge in [-0.3, -0.25) is 16.2 Å². The molecule has 1 aromatic rings. The Morgan fingerprint density at radius 1 is 1.43 bits per heavy atom. The van der Waals surface area contributed by atoms with E-state index >= 15 is 0 Å². The summed E-state index contributed by atoms with van der Waals surface area (Å²) in [4.78, 5) is 6.99. The van der Waals surface area contributed by atoms with Crippen molar-refractivity contribution in [2.24, 2.45) is 5.84 Å². The van der Waals surface area contributed by atoms with Gasteiger partial charge in [-0.1, -0.05) is 6.92 Å². The molecule has 6 heteroatoms. The number of imidazole rings is 1. The number of nitrogens with one attached hydrogen (secondary N) is 1. The van der Waals surface area contributed by atoms with E-state index in [0.29, 0.717) is 0 Å². The maximum absolute atomic E-state index is 5.90. The van der Waals surface area contributed by atoms with Gasteiger partial charge in [0, 0.05) is 50.0 Å². The highest BCUT2D eigenvalue weighted by molar-refractivity contribution is 5.03. The predicted molar refractivity (Wildman–Crippen MR) is 83.8 cm³/mol. The minimum atomic E-state index is 0.00303. The van der Waals surface area contributed by atoms with Gasteiger partial charge in [-0.15, -0.1) is 0 Å². The Morgan fingerprint density at radius 3 is 2.71 bits per heavy atom. The lowest BCUT2D eigenvalue weighted by Crippen LogP contribution is -2.63. The average Bonchev–Trinajstić information content (AvgIpc) is 3.00. The molecule has 0 spiro atoms. The van der Waals surface area contributed by atoms with Gasteiger partial charge in [0.2, 0.25) is 0 Å². The van der Waals surface area contributed by atoms with Crippen molar-refractivity contribution in [2.45, 2.75) is 51.7 Å². The summed E-state index contributed by atoms with van der Waals surface area (Å²) in [5.74, 6) is 7.00. The van der Waals surface area contributed by atoms with Crippen LogP contribution in [0.5, 0.6) is 0 Å². The molecule has 0 amide bonds. The molecule has 6 nitrogen and oxygen atoms in total. The molecular formula is C15H29N5O. The Hall–Kier alpha value is -0.950. The highest BCUT2D eigenvalue weighted by Gasteiger charge is 2.39. The second-order valence-electron chi connectivity index (χ2n) is 5.86. The number of nitrogens with two attached hydrogens (primary N) is 1. The van der Waals surface area contributed by atoms with E-state index in [2.05, 4.69) is 40.6 Å². The summed E-state index contributed by atoms with van der Waals surface area (Å²) in [6.07, 6.45) is 5.76. The van der Waals surface area contributed by atoms with Crippen LogP contribution in [-0.2, 0) is 17.7 Å². The highest BCUT2D eigenvalue weighted by atomic mass is 16.5. The molecule has 21 heavy (non-hydrogen) atoms. The first-order valence-corrected chi connectivity index (χ1v) is 7.94. The van der Waals surface area contributed by atoms with E-state index in [1.807, 2.05) is 12.4 Å². The average molecular weight is 295 g/mol. The summed E-state index contributed by atoms with van der Waals surface area (Å²) in [6.45, 7) is 11.1. The van der Waals surface area contributed by atoms with Crippen LogP contribution in [0.1, 0.15) is 33.0 Å². The third-order valence-corrected chi connectivity index (χ3v) is 4.93. The molecule has 0 saturated carbocycles.